The number of piperazine rings is 1. The third-order valence-corrected chi connectivity index (χ3v) is 9.67. The summed E-state index contributed by atoms with van der Waals surface area (Å²) in [4.78, 5) is 21.7. The number of para-hydroxylation sites is 1. The van der Waals surface area contributed by atoms with Crippen LogP contribution in [0.5, 0.6) is 5.75 Å². The maximum atomic E-state index is 12.5. The average Bonchev–Trinajstić information content (AvgIpc) is 3.13. The number of carbonyl (C=O) groups is 1. The molecule has 1 aromatic heterocycles. The van der Waals surface area contributed by atoms with Crippen LogP contribution in [0.15, 0.2) is 60.7 Å². The standard InChI is InChI=1S/C36H49N7O5/c1-45-28-47-33-12-6-5-11-30(33)31-25-32(34(37)39-38-31)42-17-13-36(14-18-42)27-41(23-24-48-36)16-8-7-15-40-19-21-43(22-20-40)35(44)46-26-29-9-3-2-4-10-29/h2-6,9-12,25H,7-8,13-24,26-28H2,1H3,(H2,37,39). The summed E-state index contributed by atoms with van der Waals surface area (Å²) in [5, 5.41) is 8.69. The molecule has 0 saturated carbocycles. The molecule has 3 fully saturated rings. The first-order valence-electron chi connectivity index (χ1n) is 17.2. The molecule has 0 atom stereocenters. The molecule has 0 bridgehead atoms. The number of carbonyl (C=O) groups excluding carboxylic acids is 1. The van der Waals surface area contributed by atoms with E-state index in [1.807, 2.05) is 65.6 Å². The van der Waals surface area contributed by atoms with Gasteiger partial charge in [-0.2, -0.15) is 0 Å². The molecule has 0 aliphatic carbocycles. The van der Waals surface area contributed by atoms with Crippen LogP contribution in [0.25, 0.3) is 11.3 Å². The third-order valence-electron chi connectivity index (χ3n) is 9.67. The van der Waals surface area contributed by atoms with Crippen LogP contribution in [0.4, 0.5) is 16.3 Å². The Hall–Kier alpha value is -3.97. The van der Waals surface area contributed by atoms with E-state index < -0.39 is 0 Å². The number of anilines is 2. The van der Waals surface area contributed by atoms with Gasteiger partial charge in [0.1, 0.15) is 12.4 Å². The van der Waals surface area contributed by atoms with Gasteiger partial charge in [-0.25, -0.2) is 4.79 Å². The Morgan fingerprint density at radius 2 is 1.62 bits per heavy atom. The van der Waals surface area contributed by atoms with E-state index in [-0.39, 0.29) is 18.5 Å². The molecule has 12 heteroatoms. The van der Waals surface area contributed by atoms with Gasteiger partial charge in [-0.05, 0) is 62.5 Å². The summed E-state index contributed by atoms with van der Waals surface area (Å²) < 4.78 is 22.8. The largest absolute Gasteiger partial charge is 0.467 e. The predicted octanol–water partition coefficient (Wildman–Crippen LogP) is 4.11. The van der Waals surface area contributed by atoms with E-state index in [1.165, 1.54) is 0 Å². The van der Waals surface area contributed by atoms with E-state index in [2.05, 4.69) is 24.9 Å². The Bertz CT molecular complexity index is 1460. The van der Waals surface area contributed by atoms with Gasteiger partial charge >= 0.3 is 6.09 Å². The van der Waals surface area contributed by atoms with Gasteiger partial charge in [0.25, 0.3) is 0 Å². The maximum Gasteiger partial charge on any atom is 0.410 e. The third kappa shape index (κ3) is 8.73. The molecule has 2 aromatic carbocycles. The smallest absolute Gasteiger partial charge is 0.410 e. The van der Waals surface area contributed by atoms with Crippen molar-refractivity contribution < 1.29 is 23.7 Å². The van der Waals surface area contributed by atoms with Crippen molar-refractivity contribution in [1.29, 1.82) is 0 Å². The van der Waals surface area contributed by atoms with Crippen LogP contribution >= 0.6 is 0 Å². The molecule has 12 nitrogen and oxygen atoms in total. The molecule has 0 radical (unpaired) electrons. The van der Waals surface area contributed by atoms with Gasteiger partial charge in [-0.3, -0.25) is 9.80 Å². The molecule has 6 rings (SSSR count). The fraction of sp³-hybridized carbons (Fsp3) is 0.528. The number of unbranched alkanes of at least 4 members (excludes halogenated alkanes) is 1. The van der Waals surface area contributed by atoms with Gasteiger partial charge in [0, 0.05) is 65.0 Å². The van der Waals surface area contributed by atoms with Crippen molar-refractivity contribution in [2.75, 3.05) is 96.6 Å². The summed E-state index contributed by atoms with van der Waals surface area (Å²) in [5.74, 6) is 1.12. The lowest BCUT2D eigenvalue weighted by atomic mass is 9.89. The van der Waals surface area contributed by atoms with Crippen LogP contribution in [-0.4, -0.2) is 123 Å². The molecule has 1 spiro atoms. The number of rotatable bonds is 12. The van der Waals surface area contributed by atoms with Gasteiger partial charge in [0.15, 0.2) is 12.6 Å². The highest BCUT2D eigenvalue weighted by molar-refractivity contribution is 5.74. The lowest BCUT2D eigenvalue weighted by molar-refractivity contribution is -0.121. The van der Waals surface area contributed by atoms with Crippen molar-refractivity contribution in [2.45, 2.75) is 37.9 Å². The van der Waals surface area contributed by atoms with Crippen LogP contribution in [0.3, 0.4) is 0 Å². The predicted molar refractivity (Wildman–Crippen MR) is 185 cm³/mol. The molecule has 3 aliphatic rings. The molecule has 1 amide bonds. The number of amides is 1. The minimum absolute atomic E-state index is 0.126. The van der Waals surface area contributed by atoms with E-state index in [0.29, 0.717) is 18.2 Å². The fourth-order valence-corrected chi connectivity index (χ4v) is 6.91. The number of nitrogens with zero attached hydrogens (tertiary/aromatic N) is 6. The molecule has 2 N–H and O–H groups in total. The van der Waals surface area contributed by atoms with Crippen LogP contribution in [0, 0.1) is 0 Å². The lowest BCUT2D eigenvalue weighted by Crippen LogP contribution is -2.57. The van der Waals surface area contributed by atoms with Gasteiger partial charge in [-0.15, -0.1) is 10.2 Å². The van der Waals surface area contributed by atoms with Crippen molar-refractivity contribution in [3.63, 3.8) is 0 Å². The monoisotopic (exact) mass is 659 g/mol. The van der Waals surface area contributed by atoms with Crippen LogP contribution in [0.1, 0.15) is 31.2 Å². The zero-order chi connectivity index (χ0) is 33.2. The number of hydrogen-bond acceptors (Lipinski definition) is 11. The number of benzene rings is 2. The van der Waals surface area contributed by atoms with Crippen molar-refractivity contribution in [3.05, 3.63) is 66.2 Å². The van der Waals surface area contributed by atoms with Crippen molar-refractivity contribution >= 4 is 17.6 Å². The summed E-state index contributed by atoms with van der Waals surface area (Å²) in [5.41, 5.74) is 9.70. The second-order valence-corrected chi connectivity index (χ2v) is 12.9. The minimum atomic E-state index is -0.217. The molecular formula is C36H49N7O5. The van der Waals surface area contributed by atoms with Gasteiger partial charge in [0.05, 0.1) is 23.6 Å². The first-order chi connectivity index (χ1) is 23.5. The average molecular weight is 660 g/mol. The quantitative estimate of drug-likeness (QED) is 0.224. The Balaban J connectivity index is 0.920. The first-order valence-corrected chi connectivity index (χ1v) is 17.2. The number of methoxy groups -OCH3 is 1. The SMILES string of the molecule is COCOc1ccccc1-c1cc(N2CCC3(CC2)CN(CCCCN2CCN(C(=O)OCc4ccccc4)CC2)CCO3)c(N)nn1. The van der Waals surface area contributed by atoms with Gasteiger partial charge < -0.3 is 34.5 Å². The van der Waals surface area contributed by atoms with Crippen LogP contribution in [0.2, 0.25) is 0 Å². The number of hydrogen-bond donors (Lipinski definition) is 1. The molecule has 0 unspecified atom stereocenters. The van der Waals surface area contributed by atoms with E-state index in [4.69, 9.17) is 24.7 Å². The molecule has 3 aromatic rings. The number of piperidine rings is 1. The van der Waals surface area contributed by atoms with Crippen molar-refractivity contribution in [3.8, 4) is 17.0 Å². The zero-order valence-corrected chi connectivity index (χ0v) is 28.1. The molecule has 3 saturated heterocycles. The summed E-state index contributed by atoms with van der Waals surface area (Å²) in [6.07, 6.45) is 3.95. The highest BCUT2D eigenvalue weighted by Gasteiger charge is 2.40. The van der Waals surface area contributed by atoms with E-state index in [1.54, 1.807) is 7.11 Å². The number of nitrogens with two attached hydrogens (primary N) is 1. The summed E-state index contributed by atoms with van der Waals surface area (Å²) in [6.45, 7) is 10.2. The Kier molecular flexibility index (Phi) is 11.6. The Labute approximate surface area is 283 Å². The highest BCUT2D eigenvalue weighted by atomic mass is 16.7. The van der Waals surface area contributed by atoms with Crippen LogP contribution in [-0.2, 0) is 20.8 Å². The lowest BCUT2D eigenvalue weighted by Gasteiger charge is -2.48. The van der Waals surface area contributed by atoms with Crippen molar-refractivity contribution in [1.82, 2.24) is 24.9 Å². The first kappa shape index (κ1) is 33.9. The van der Waals surface area contributed by atoms with Gasteiger partial charge in [0.2, 0.25) is 0 Å². The molecule has 3 aliphatic heterocycles. The topological polar surface area (TPSA) is 119 Å². The molecule has 48 heavy (non-hydrogen) atoms. The van der Waals surface area contributed by atoms with Gasteiger partial charge in [-0.1, -0.05) is 42.5 Å². The second kappa shape index (κ2) is 16.4. The number of nitrogen functional groups attached to an aromatic ring is 1. The minimum Gasteiger partial charge on any atom is -0.467 e. The maximum absolute atomic E-state index is 12.5. The Morgan fingerprint density at radius 3 is 2.40 bits per heavy atom. The summed E-state index contributed by atoms with van der Waals surface area (Å²) in [6, 6.07) is 19.6. The highest BCUT2D eigenvalue weighted by Crippen LogP contribution is 2.36. The van der Waals surface area contributed by atoms with E-state index >= 15 is 0 Å². The normalized spacial score (nSPS) is 18.6. The molecular weight excluding hydrogens is 610 g/mol. The number of morpholine rings is 1. The van der Waals surface area contributed by atoms with E-state index in [0.717, 1.165) is 120 Å². The fourth-order valence-electron chi connectivity index (χ4n) is 6.91. The molecule has 4 heterocycles. The van der Waals surface area contributed by atoms with Crippen molar-refractivity contribution in [2.24, 2.45) is 0 Å². The van der Waals surface area contributed by atoms with E-state index in [9.17, 15) is 4.79 Å². The Morgan fingerprint density at radius 1 is 0.896 bits per heavy atom. The second-order valence-electron chi connectivity index (χ2n) is 12.9. The van der Waals surface area contributed by atoms with Crippen LogP contribution < -0.4 is 15.4 Å². The summed E-state index contributed by atoms with van der Waals surface area (Å²) in [7, 11) is 1.60. The summed E-state index contributed by atoms with van der Waals surface area (Å²) >= 11 is 0. The zero-order valence-electron chi connectivity index (χ0n) is 28.1. The molecule has 258 valence electrons. The number of aromatic nitrogens is 2. The number of ether oxygens (including phenoxy) is 4.